The molecule has 212 valence electrons. The number of benzene rings is 3. The third-order valence-electron chi connectivity index (χ3n) is 6.60. The minimum atomic E-state index is -4.03. The molecule has 1 aliphatic heterocycles. The summed E-state index contributed by atoms with van der Waals surface area (Å²) >= 11 is 12.0. The number of halogens is 2. The molecule has 1 saturated heterocycles. The van der Waals surface area contributed by atoms with Gasteiger partial charge >= 0.3 is 0 Å². The average Bonchev–Trinajstić information content (AvgIpc) is 2.90. The minimum absolute atomic E-state index is 0.0168. The Labute approximate surface area is 245 Å². The van der Waals surface area contributed by atoms with Crippen LogP contribution in [-0.2, 0) is 19.9 Å². The first-order valence-electron chi connectivity index (χ1n) is 12.5. The van der Waals surface area contributed by atoms with Crippen LogP contribution in [0.1, 0.15) is 35.2 Å². The fourth-order valence-corrected chi connectivity index (χ4v) is 7.89. The van der Waals surface area contributed by atoms with Gasteiger partial charge in [0.2, 0.25) is 0 Å². The first kappa shape index (κ1) is 30.1. The van der Waals surface area contributed by atoms with Crippen LogP contribution in [0.2, 0.25) is 10.0 Å². The van der Waals surface area contributed by atoms with Gasteiger partial charge in [0.1, 0.15) is 5.37 Å². The molecule has 1 heterocycles. The average molecular weight is 623 g/mol. The van der Waals surface area contributed by atoms with Crippen molar-refractivity contribution in [2.24, 2.45) is 0 Å². The molecular formula is C28H29Cl2N3O5S2. The summed E-state index contributed by atoms with van der Waals surface area (Å²) in [7, 11) is -7.78. The molecule has 8 nitrogen and oxygen atoms in total. The Morgan fingerprint density at radius 2 is 1.57 bits per heavy atom. The van der Waals surface area contributed by atoms with Crippen LogP contribution < -0.4 is 10.0 Å². The lowest BCUT2D eigenvalue weighted by atomic mass is 10.1. The number of amides is 1. The van der Waals surface area contributed by atoms with Crippen molar-refractivity contribution in [1.82, 2.24) is 4.90 Å². The summed E-state index contributed by atoms with van der Waals surface area (Å²) in [4.78, 5) is 15.3. The van der Waals surface area contributed by atoms with E-state index in [1.54, 1.807) is 13.0 Å². The van der Waals surface area contributed by atoms with Crippen molar-refractivity contribution >= 4 is 60.3 Å². The molecule has 2 N–H and O–H groups in total. The summed E-state index contributed by atoms with van der Waals surface area (Å²) in [6, 6.07) is 14.3. The number of hydrogen-bond donors (Lipinski definition) is 2. The number of aryl methyl sites for hydroxylation is 1. The number of sulfone groups is 1. The monoisotopic (exact) mass is 621 g/mol. The van der Waals surface area contributed by atoms with Crippen LogP contribution in [-0.4, -0.2) is 46.1 Å². The Kier molecular flexibility index (Phi) is 9.26. The van der Waals surface area contributed by atoms with E-state index in [9.17, 15) is 21.6 Å². The van der Waals surface area contributed by atoms with Gasteiger partial charge in [-0.1, -0.05) is 35.7 Å². The van der Waals surface area contributed by atoms with Crippen molar-refractivity contribution in [3.63, 3.8) is 0 Å². The summed E-state index contributed by atoms with van der Waals surface area (Å²) in [5.74, 6) is -0.636. The van der Waals surface area contributed by atoms with E-state index in [0.29, 0.717) is 29.4 Å². The molecule has 0 saturated carbocycles. The molecule has 0 spiro atoms. The second kappa shape index (κ2) is 12.3. The Morgan fingerprint density at radius 1 is 0.925 bits per heavy atom. The highest BCUT2D eigenvalue weighted by Crippen LogP contribution is 2.29. The standard InChI is InChI=1S/C28H29Cl2N3O5S2/c1-3-27(33-15-5-4-6-16-33)39(35,36)26-14-10-22(17-19(26)2)31-28(34)24-18-21(30)9-13-25(24)32-40(37,38)23-11-7-20(29)8-12-23/h3,7-14,17-18,27,32H,1,4-6,15-16H2,2H3,(H,31,34). The zero-order chi connectivity index (χ0) is 29.1. The number of rotatable bonds is 9. The molecule has 1 unspecified atom stereocenters. The Hall–Kier alpha value is -2.89. The van der Waals surface area contributed by atoms with E-state index in [4.69, 9.17) is 23.2 Å². The van der Waals surface area contributed by atoms with Crippen molar-refractivity contribution in [2.75, 3.05) is 23.1 Å². The summed E-state index contributed by atoms with van der Waals surface area (Å²) in [5, 5.41) is 2.48. The third-order valence-corrected chi connectivity index (χ3v) is 10.7. The highest BCUT2D eigenvalue weighted by atomic mass is 35.5. The molecule has 4 rings (SSSR count). The van der Waals surface area contributed by atoms with Gasteiger partial charge in [-0.25, -0.2) is 16.8 Å². The van der Waals surface area contributed by atoms with E-state index in [1.165, 1.54) is 60.7 Å². The molecule has 0 bridgehead atoms. The quantitative estimate of drug-likeness (QED) is 0.278. The van der Waals surface area contributed by atoms with Crippen LogP contribution in [0.4, 0.5) is 11.4 Å². The number of nitrogens with zero attached hydrogens (tertiary/aromatic N) is 1. The maximum Gasteiger partial charge on any atom is 0.261 e. The predicted molar refractivity (Wildman–Crippen MR) is 159 cm³/mol. The largest absolute Gasteiger partial charge is 0.322 e. The van der Waals surface area contributed by atoms with E-state index in [-0.39, 0.29) is 26.1 Å². The van der Waals surface area contributed by atoms with Crippen LogP contribution in [0.5, 0.6) is 0 Å². The fourth-order valence-electron chi connectivity index (χ4n) is 4.63. The Balaban J connectivity index is 1.58. The lowest BCUT2D eigenvalue weighted by Gasteiger charge is -2.32. The zero-order valence-electron chi connectivity index (χ0n) is 21.7. The summed E-state index contributed by atoms with van der Waals surface area (Å²) < 4.78 is 55.3. The second-order valence-electron chi connectivity index (χ2n) is 9.45. The van der Waals surface area contributed by atoms with Gasteiger partial charge in [-0.3, -0.25) is 14.4 Å². The number of carbonyl (C=O) groups is 1. The molecule has 3 aromatic carbocycles. The second-order valence-corrected chi connectivity index (χ2v) is 14.0. The van der Waals surface area contributed by atoms with E-state index in [2.05, 4.69) is 16.6 Å². The zero-order valence-corrected chi connectivity index (χ0v) is 24.9. The van der Waals surface area contributed by atoms with Gasteiger partial charge in [0, 0.05) is 15.7 Å². The summed E-state index contributed by atoms with van der Waals surface area (Å²) in [6.45, 7) is 6.80. The van der Waals surface area contributed by atoms with Crippen LogP contribution >= 0.6 is 23.2 Å². The van der Waals surface area contributed by atoms with Gasteiger partial charge in [-0.15, -0.1) is 6.58 Å². The molecule has 0 aliphatic carbocycles. The molecule has 3 aromatic rings. The maximum atomic E-state index is 13.5. The summed E-state index contributed by atoms with van der Waals surface area (Å²) in [5.41, 5.74) is 0.789. The van der Waals surface area contributed by atoms with Crippen LogP contribution in [0.15, 0.2) is 83.1 Å². The van der Waals surface area contributed by atoms with Crippen LogP contribution in [0, 0.1) is 6.92 Å². The van der Waals surface area contributed by atoms with Gasteiger partial charge in [0.05, 0.1) is 21.0 Å². The lowest BCUT2D eigenvalue weighted by molar-refractivity contribution is 0.102. The first-order chi connectivity index (χ1) is 18.9. The van der Waals surface area contributed by atoms with Gasteiger partial charge in [-0.05, 0) is 99.1 Å². The molecule has 0 radical (unpaired) electrons. The molecule has 1 aliphatic rings. The smallest absolute Gasteiger partial charge is 0.261 e. The van der Waals surface area contributed by atoms with Gasteiger partial charge < -0.3 is 5.32 Å². The van der Waals surface area contributed by atoms with Gasteiger partial charge in [-0.2, -0.15) is 0 Å². The lowest BCUT2D eigenvalue weighted by Crippen LogP contribution is -2.42. The predicted octanol–water partition coefficient (Wildman–Crippen LogP) is 6.13. The van der Waals surface area contributed by atoms with E-state index < -0.39 is 31.1 Å². The number of hydrogen-bond acceptors (Lipinski definition) is 6. The highest BCUT2D eigenvalue weighted by Gasteiger charge is 2.32. The number of anilines is 2. The number of likely N-dealkylation sites (tertiary alicyclic amines) is 1. The topological polar surface area (TPSA) is 113 Å². The van der Waals surface area contributed by atoms with Gasteiger partial charge in [0.15, 0.2) is 9.84 Å². The van der Waals surface area contributed by atoms with Crippen molar-refractivity contribution in [2.45, 2.75) is 41.4 Å². The normalized spacial score (nSPS) is 15.3. The molecule has 40 heavy (non-hydrogen) atoms. The van der Waals surface area contributed by atoms with E-state index >= 15 is 0 Å². The van der Waals surface area contributed by atoms with Crippen molar-refractivity contribution in [3.8, 4) is 0 Å². The van der Waals surface area contributed by atoms with Crippen molar-refractivity contribution in [1.29, 1.82) is 0 Å². The van der Waals surface area contributed by atoms with E-state index in [0.717, 1.165) is 19.3 Å². The molecule has 12 heteroatoms. The molecular weight excluding hydrogens is 593 g/mol. The molecule has 0 aromatic heterocycles. The fraction of sp³-hybridized carbons (Fsp3) is 0.250. The van der Waals surface area contributed by atoms with Crippen LogP contribution in [0.3, 0.4) is 0 Å². The van der Waals surface area contributed by atoms with Gasteiger partial charge in [0.25, 0.3) is 15.9 Å². The minimum Gasteiger partial charge on any atom is -0.322 e. The number of piperidine rings is 1. The van der Waals surface area contributed by atoms with Crippen molar-refractivity contribution < 1.29 is 21.6 Å². The Morgan fingerprint density at radius 3 is 2.20 bits per heavy atom. The third kappa shape index (κ3) is 6.70. The first-order valence-corrected chi connectivity index (χ1v) is 16.3. The van der Waals surface area contributed by atoms with Crippen molar-refractivity contribution in [3.05, 3.63) is 94.5 Å². The van der Waals surface area contributed by atoms with E-state index in [1.807, 2.05) is 4.90 Å². The van der Waals surface area contributed by atoms with Crippen LogP contribution in [0.25, 0.3) is 0 Å². The highest BCUT2D eigenvalue weighted by molar-refractivity contribution is 7.92. The Bertz CT molecular complexity index is 1640. The number of sulfonamides is 1. The molecule has 1 atom stereocenters. The number of nitrogens with one attached hydrogen (secondary N) is 2. The molecule has 1 fully saturated rings. The maximum absolute atomic E-state index is 13.5. The molecule has 1 amide bonds. The number of carbonyl (C=O) groups excluding carboxylic acids is 1. The summed E-state index contributed by atoms with van der Waals surface area (Å²) in [6.07, 6.45) is 4.41. The SMILES string of the molecule is C=CC(N1CCCCC1)S(=O)(=O)c1ccc(NC(=O)c2cc(Cl)ccc2NS(=O)(=O)c2ccc(Cl)cc2)cc1C.